The first-order valence-corrected chi connectivity index (χ1v) is 7.54. The molecule has 1 fully saturated rings. The molecule has 1 aromatic rings. The molecule has 0 aliphatic carbocycles. The number of likely N-dealkylation sites (tertiary alicyclic amines) is 1. The lowest BCUT2D eigenvalue weighted by molar-refractivity contribution is -0.150. The van der Waals surface area contributed by atoms with Gasteiger partial charge in [0.25, 0.3) is 0 Å². The van der Waals surface area contributed by atoms with Gasteiger partial charge in [-0.05, 0) is 19.4 Å². The van der Waals surface area contributed by atoms with Crippen LogP contribution in [0.3, 0.4) is 0 Å². The van der Waals surface area contributed by atoms with Gasteiger partial charge in [0, 0.05) is 18.3 Å². The van der Waals surface area contributed by atoms with Gasteiger partial charge in [0.2, 0.25) is 5.91 Å². The van der Waals surface area contributed by atoms with E-state index in [1.807, 2.05) is 5.38 Å². The Kier molecular flexibility index (Phi) is 5.08. The second-order valence-corrected chi connectivity index (χ2v) is 5.66. The number of hydrogen-bond acceptors (Lipinski definition) is 6. The average Bonchev–Trinajstić information content (AvgIpc) is 3.07. The smallest absolute Gasteiger partial charge is 0.328 e. The molecular weight excluding hydrogens is 278 g/mol. The van der Waals surface area contributed by atoms with E-state index in [4.69, 9.17) is 10.5 Å². The number of carbonyl (C=O) groups excluding carboxylic acids is 2. The maximum atomic E-state index is 12.3. The van der Waals surface area contributed by atoms with Gasteiger partial charge in [-0.2, -0.15) is 0 Å². The van der Waals surface area contributed by atoms with E-state index in [2.05, 4.69) is 4.98 Å². The maximum Gasteiger partial charge on any atom is 0.328 e. The van der Waals surface area contributed by atoms with Crippen molar-refractivity contribution in [3.8, 4) is 0 Å². The molecule has 2 N–H and O–H groups in total. The van der Waals surface area contributed by atoms with Crippen molar-refractivity contribution in [3.05, 3.63) is 16.1 Å². The molecule has 0 spiro atoms. The van der Waals surface area contributed by atoms with Gasteiger partial charge in [-0.25, -0.2) is 9.78 Å². The third-order valence-electron chi connectivity index (χ3n) is 3.34. The van der Waals surface area contributed by atoms with Gasteiger partial charge in [0.05, 0.1) is 24.2 Å². The zero-order valence-electron chi connectivity index (χ0n) is 11.5. The minimum Gasteiger partial charge on any atom is -0.467 e. The number of hydrogen-bond donors (Lipinski definition) is 1. The summed E-state index contributed by atoms with van der Waals surface area (Å²) in [4.78, 5) is 29.9. The van der Waals surface area contributed by atoms with Gasteiger partial charge in [-0.15, -0.1) is 11.3 Å². The van der Waals surface area contributed by atoms with Gasteiger partial charge in [-0.1, -0.05) is 0 Å². The van der Waals surface area contributed by atoms with Crippen LogP contribution in [0.25, 0.3) is 0 Å². The number of methoxy groups -OCH3 is 1. The number of amides is 1. The van der Waals surface area contributed by atoms with Crippen molar-refractivity contribution in [3.63, 3.8) is 0 Å². The largest absolute Gasteiger partial charge is 0.467 e. The highest BCUT2D eigenvalue weighted by Gasteiger charge is 2.34. The lowest BCUT2D eigenvalue weighted by atomic mass is 10.2. The Morgan fingerprint density at radius 2 is 2.40 bits per heavy atom. The fourth-order valence-corrected chi connectivity index (χ4v) is 3.18. The van der Waals surface area contributed by atoms with E-state index in [1.165, 1.54) is 18.4 Å². The molecule has 20 heavy (non-hydrogen) atoms. The molecule has 0 saturated carbocycles. The highest BCUT2D eigenvalue weighted by atomic mass is 32.1. The molecule has 2 rings (SSSR count). The predicted octanol–water partition coefficient (Wildman–Crippen LogP) is 0.351. The third-order valence-corrected chi connectivity index (χ3v) is 4.29. The van der Waals surface area contributed by atoms with Crippen LogP contribution in [0.2, 0.25) is 0 Å². The SMILES string of the molecule is COC(=O)C1CCCN1C(=O)Cc1csc(CCN)n1. The number of ether oxygens (including phenoxy) is 1. The van der Waals surface area contributed by atoms with Crippen LogP contribution in [-0.4, -0.2) is 48.0 Å². The Bertz CT molecular complexity index is 489. The van der Waals surface area contributed by atoms with Gasteiger partial charge < -0.3 is 15.4 Å². The maximum absolute atomic E-state index is 12.3. The van der Waals surface area contributed by atoms with Crippen molar-refractivity contribution in [2.75, 3.05) is 20.2 Å². The van der Waals surface area contributed by atoms with E-state index >= 15 is 0 Å². The Morgan fingerprint density at radius 3 is 3.10 bits per heavy atom. The number of carbonyl (C=O) groups is 2. The molecule has 2 heterocycles. The van der Waals surface area contributed by atoms with Crippen LogP contribution >= 0.6 is 11.3 Å². The second kappa shape index (κ2) is 6.81. The predicted molar refractivity (Wildman–Crippen MR) is 75.3 cm³/mol. The molecule has 1 saturated heterocycles. The Morgan fingerprint density at radius 1 is 1.60 bits per heavy atom. The first-order chi connectivity index (χ1) is 9.65. The number of nitrogens with two attached hydrogens (primary N) is 1. The lowest BCUT2D eigenvalue weighted by Gasteiger charge is -2.22. The first kappa shape index (κ1) is 14.9. The van der Waals surface area contributed by atoms with Crippen LogP contribution in [0, 0.1) is 0 Å². The standard InChI is InChI=1S/C13H19N3O3S/c1-19-13(18)10-3-2-6-16(10)12(17)7-9-8-20-11(15-9)4-5-14/h8,10H,2-7,14H2,1H3. The summed E-state index contributed by atoms with van der Waals surface area (Å²) in [5.74, 6) is -0.402. The Hall–Kier alpha value is -1.47. The summed E-state index contributed by atoms with van der Waals surface area (Å²) in [7, 11) is 1.35. The first-order valence-electron chi connectivity index (χ1n) is 6.66. The lowest BCUT2D eigenvalue weighted by Crippen LogP contribution is -2.41. The molecule has 1 aliphatic rings. The second-order valence-electron chi connectivity index (χ2n) is 4.72. The Balaban J connectivity index is 1.98. The number of nitrogens with zero attached hydrogens (tertiary/aromatic N) is 2. The van der Waals surface area contributed by atoms with Crippen LogP contribution < -0.4 is 5.73 Å². The zero-order valence-corrected chi connectivity index (χ0v) is 12.3. The average molecular weight is 297 g/mol. The minimum absolute atomic E-state index is 0.0671. The van der Waals surface area contributed by atoms with E-state index in [9.17, 15) is 9.59 Å². The van der Waals surface area contributed by atoms with Crippen LogP contribution in [0.1, 0.15) is 23.5 Å². The molecule has 7 heteroatoms. The summed E-state index contributed by atoms with van der Waals surface area (Å²) >= 11 is 1.52. The summed E-state index contributed by atoms with van der Waals surface area (Å²) in [5.41, 5.74) is 6.23. The molecule has 1 unspecified atom stereocenters. The van der Waals surface area contributed by atoms with E-state index in [-0.39, 0.29) is 18.3 Å². The molecule has 1 amide bonds. The number of esters is 1. The van der Waals surface area contributed by atoms with Gasteiger partial charge in [-0.3, -0.25) is 4.79 Å². The number of aromatic nitrogens is 1. The van der Waals surface area contributed by atoms with Crippen molar-refractivity contribution >= 4 is 23.2 Å². The normalized spacial score (nSPS) is 18.3. The Labute approximate surface area is 121 Å². The van der Waals surface area contributed by atoms with E-state index in [0.717, 1.165) is 23.5 Å². The minimum atomic E-state index is -0.436. The van der Waals surface area contributed by atoms with Crippen LogP contribution in [0.15, 0.2) is 5.38 Å². The number of rotatable bonds is 5. The van der Waals surface area contributed by atoms with Gasteiger partial charge in [0.1, 0.15) is 6.04 Å². The van der Waals surface area contributed by atoms with Gasteiger partial charge in [0.15, 0.2) is 0 Å². The summed E-state index contributed by atoms with van der Waals surface area (Å²) in [6.45, 7) is 1.16. The van der Waals surface area contributed by atoms with Crippen molar-refractivity contribution in [1.82, 2.24) is 9.88 Å². The quantitative estimate of drug-likeness (QED) is 0.793. The molecule has 1 aromatic heterocycles. The third kappa shape index (κ3) is 3.34. The molecular formula is C13H19N3O3S. The molecule has 6 nitrogen and oxygen atoms in total. The molecule has 0 radical (unpaired) electrons. The summed E-state index contributed by atoms with van der Waals surface area (Å²) in [5, 5.41) is 2.83. The van der Waals surface area contributed by atoms with Crippen molar-refractivity contribution in [2.24, 2.45) is 5.73 Å². The van der Waals surface area contributed by atoms with E-state index in [0.29, 0.717) is 19.5 Å². The molecule has 1 aliphatic heterocycles. The highest BCUT2D eigenvalue weighted by molar-refractivity contribution is 7.09. The van der Waals surface area contributed by atoms with Crippen molar-refractivity contribution in [2.45, 2.75) is 31.7 Å². The van der Waals surface area contributed by atoms with E-state index < -0.39 is 6.04 Å². The highest BCUT2D eigenvalue weighted by Crippen LogP contribution is 2.20. The zero-order chi connectivity index (χ0) is 14.5. The molecule has 110 valence electrons. The monoisotopic (exact) mass is 297 g/mol. The fourth-order valence-electron chi connectivity index (χ4n) is 2.37. The van der Waals surface area contributed by atoms with Crippen molar-refractivity contribution in [1.29, 1.82) is 0 Å². The fraction of sp³-hybridized carbons (Fsp3) is 0.615. The van der Waals surface area contributed by atoms with Crippen LogP contribution in [0.5, 0.6) is 0 Å². The van der Waals surface area contributed by atoms with Crippen LogP contribution in [0.4, 0.5) is 0 Å². The topological polar surface area (TPSA) is 85.5 Å². The summed E-state index contributed by atoms with van der Waals surface area (Å²) in [6.07, 6.45) is 2.47. The van der Waals surface area contributed by atoms with E-state index in [1.54, 1.807) is 4.90 Å². The number of thiazole rings is 1. The molecule has 0 bridgehead atoms. The van der Waals surface area contributed by atoms with Gasteiger partial charge >= 0.3 is 5.97 Å². The summed E-state index contributed by atoms with van der Waals surface area (Å²) in [6, 6.07) is -0.436. The van der Waals surface area contributed by atoms with Crippen LogP contribution in [-0.2, 0) is 27.2 Å². The molecule has 0 aromatic carbocycles. The summed E-state index contributed by atoms with van der Waals surface area (Å²) < 4.78 is 4.74. The van der Waals surface area contributed by atoms with Crippen molar-refractivity contribution < 1.29 is 14.3 Å². The molecule has 1 atom stereocenters.